The number of phenolic OH excluding ortho intramolecular Hbond substituents is 1. The molecule has 1 aromatic heterocycles. The summed E-state index contributed by atoms with van der Waals surface area (Å²) >= 11 is 0. The van der Waals surface area contributed by atoms with Crippen LogP contribution in [-0.4, -0.2) is 40.3 Å². The van der Waals surface area contributed by atoms with Crippen molar-refractivity contribution in [2.24, 2.45) is 0 Å². The number of aromatic hydroxyl groups is 1. The minimum Gasteiger partial charge on any atom is -0.507 e. The Morgan fingerprint density at radius 1 is 1.24 bits per heavy atom. The summed E-state index contributed by atoms with van der Waals surface area (Å²) in [6, 6.07) is 8.96. The first kappa shape index (κ1) is 12.8. The van der Waals surface area contributed by atoms with E-state index in [0.717, 1.165) is 15.8 Å². The summed E-state index contributed by atoms with van der Waals surface area (Å²) in [5.74, 6) is 0.288. The Labute approximate surface area is 98.9 Å². The predicted octanol–water partition coefficient (Wildman–Crippen LogP) is 2.17. The molecule has 0 spiro atoms. The molecule has 1 aromatic carbocycles. The fraction of sp³-hybridized carbons (Fsp3) is 0.167. The summed E-state index contributed by atoms with van der Waals surface area (Å²) in [6.07, 6.45) is 0.803. The lowest BCUT2D eigenvalue weighted by Crippen LogP contribution is -2.18. The second-order valence-corrected chi connectivity index (χ2v) is 3.52. The van der Waals surface area contributed by atoms with Crippen LogP contribution in [0.25, 0.3) is 10.9 Å². The van der Waals surface area contributed by atoms with Crippen LogP contribution in [0.5, 0.6) is 5.75 Å². The van der Waals surface area contributed by atoms with Crippen LogP contribution in [0.3, 0.4) is 0 Å². The number of phenols is 1. The summed E-state index contributed by atoms with van der Waals surface area (Å²) < 4.78 is 0. The molecule has 0 atom stereocenters. The molecule has 1 heterocycles. The molecule has 0 radical (unpaired) electrons. The highest BCUT2D eigenvalue weighted by Gasteiger charge is 1.95. The van der Waals surface area contributed by atoms with E-state index in [1.54, 1.807) is 18.3 Å². The van der Waals surface area contributed by atoms with E-state index in [9.17, 15) is 9.90 Å². The van der Waals surface area contributed by atoms with Crippen molar-refractivity contribution in [3.63, 3.8) is 0 Å². The minimum atomic E-state index is -0.907. The highest BCUT2D eigenvalue weighted by molar-refractivity contribution is 5.84. The van der Waals surface area contributed by atoms with Gasteiger partial charge in [-0.05, 0) is 24.3 Å². The molecule has 0 fully saturated rings. The molecular weight excluding hydrogens is 220 g/mol. The molecule has 17 heavy (non-hydrogen) atoms. The maximum Gasteiger partial charge on any atom is 0.406 e. The Kier molecular flexibility index (Phi) is 4.28. The van der Waals surface area contributed by atoms with Crippen molar-refractivity contribution in [1.82, 2.24) is 9.88 Å². The smallest absolute Gasteiger partial charge is 0.406 e. The van der Waals surface area contributed by atoms with Crippen LogP contribution in [0.2, 0.25) is 0 Å². The Balaban J connectivity index is 0.000000209. The fourth-order valence-electron chi connectivity index (χ4n) is 1.09. The van der Waals surface area contributed by atoms with Crippen LogP contribution >= 0.6 is 0 Å². The summed E-state index contributed by atoms with van der Waals surface area (Å²) in [5, 5.41) is 18.0. The van der Waals surface area contributed by atoms with Crippen molar-refractivity contribution in [3.8, 4) is 5.75 Å². The van der Waals surface area contributed by atoms with Crippen molar-refractivity contribution < 1.29 is 15.0 Å². The van der Waals surface area contributed by atoms with Crippen LogP contribution in [0, 0.1) is 0 Å². The summed E-state index contributed by atoms with van der Waals surface area (Å²) in [4.78, 5) is 14.8. The van der Waals surface area contributed by atoms with Crippen molar-refractivity contribution >= 4 is 17.0 Å². The molecular formula is C12H14N2O3. The van der Waals surface area contributed by atoms with Gasteiger partial charge in [0.05, 0.1) is 5.52 Å². The number of hydrogen-bond acceptors (Lipinski definition) is 3. The lowest BCUT2D eigenvalue weighted by Gasteiger charge is -1.99. The van der Waals surface area contributed by atoms with Gasteiger partial charge in [0.15, 0.2) is 0 Å². The highest BCUT2D eigenvalue weighted by atomic mass is 16.4. The number of hydrogen-bond donors (Lipinski definition) is 2. The monoisotopic (exact) mass is 234 g/mol. The first-order chi connectivity index (χ1) is 8.02. The van der Waals surface area contributed by atoms with Gasteiger partial charge in [0.1, 0.15) is 5.75 Å². The molecule has 2 N–H and O–H groups in total. The normalized spacial score (nSPS) is 9.29. The molecule has 0 aliphatic rings. The number of amides is 1. The molecule has 2 aromatic rings. The molecule has 0 aliphatic heterocycles. The van der Waals surface area contributed by atoms with E-state index in [0.29, 0.717) is 0 Å². The van der Waals surface area contributed by atoms with Gasteiger partial charge < -0.3 is 15.1 Å². The lowest BCUT2D eigenvalue weighted by molar-refractivity contribution is 0.165. The van der Waals surface area contributed by atoms with Crippen molar-refractivity contribution in [2.75, 3.05) is 14.1 Å². The molecule has 2 rings (SSSR count). The van der Waals surface area contributed by atoms with Crippen molar-refractivity contribution in [3.05, 3.63) is 36.5 Å². The van der Waals surface area contributed by atoms with Gasteiger partial charge in [0, 0.05) is 25.7 Å². The van der Waals surface area contributed by atoms with Gasteiger partial charge in [-0.25, -0.2) is 4.79 Å². The zero-order valence-corrected chi connectivity index (χ0v) is 9.66. The number of pyridine rings is 1. The molecule has 5 heteroatoms. The van der Waals surface area contributed by atoms with Crippen molar-refractivity contribution in [1.29, 1.82) is 0 Å². The maximum atomic E-state index is 9.62. The number of nitrogens with zero attached hydrogens (tertiary/aromatic N) is 2. The van der Waals surface area contributed by atoms with Gasteiger partial charge in [0.25, 0.3) is 0 Å². The average Bonchev–Trinajstić information content (AvgIpc) is 2.30. The van der Waals surface area contributed by atoms with Gasteiger partial charge in [-0.1, -0.05) is 6.07 Å². The van der Waals surface area contributed by atoms with Gasteiger partial charge >= 0.3 is 6.09 Å². The van der Waals surface area contributed by atoms with E-state index >= 15 is 0 Å². The summed E-state index contributed by atoms with van der Waals surface area (Å²) in [7, 11) is 2.95. The number of aromatic nitrogens is 1. The minimum absolute atomic E-state index is 0.288. The third kappa shape index (κ3) is 3.64. The first-order valence-corrected chi connectivity index (χ1v) is 4.95. The second kappa shape index (κ2) is 5.69. The molecule has 0 saturated carbocycles. The highest BCUT2D eigenvalue weighted by Crippen LogP contribution is 2.21. The Morgan fingerprint density at radius 3 is 2.41 bits per heavy atom. The average molecular weight is 234 g/mol. The van der Waals surface area contributed by atoms with Gasteiger partial charge in [-0.3, -0.25) is 4.98 Å². The molecule has 90 valence electrons. The topological polar surface area (TPSA) is 73.7 Å². The quantitative estimate of drug-likeness (QED) is 0.732. The molecule has 0 unspecified atom stereocenters. The molecule has 1 amide bonds. The number of carboxylic acid groups (broad SMARTS) is 1. The van der Waals surface area contributed by atoms with Crippen LogP contribution < -0.4 is 0 Å². The third-order valence-electron chi connectivity index (χ3n) is 2.01. The molecule has 0 aliphatic carbocycles. The Morgan fingerprint density at radius 2 is 1.88 bits per heavy atom. The van der Waals surface area contributed by atoms with E-state index < -0.39 is 6.09 Å². The third-order valence-corrected chi connectivity index (χ3v) is 2.01. The molecule has 0 saturated heterocycles. The van der Waals surface area contributed by atoms with Crippen molar-refractivity contribution in [2.45, 2.75) is 0 Å². The number of fused-ring (bicyclic) bond motifs is 1. The van der Waals surface area contributed by atoms with Crippen LogP contribution in [0.15, 0.2) is 36.5 Å². The van der Waals surface area contributed by atoms with Gasteiger partial charge in [-0.15, -0.1) is 0 Å². The Hall–Kier alpha value is -2.30. The summed E-state index contributed by atoms with van der Waals surface area (Å²) in [6.45, 7) is 0. The first-order valence-electron chi connectivity index (χ1n) is 4.95. The van der Waals surface area contributed by atoms with Crippen LogP contribution in [0.1, 0.15) is 0 Å². The van der Waals surface area contributed by atoms with Crippen LogP contribution in [0.4, 0.5) is 4.79 Å². The Bertz CT molecular complexity index is 507. The van der Waals surface area contributed by atoms with E-state index in [2.05, 4.69) is 4.98 Å². The zero-order valence-electron chi connectivity index (χ0n) is 9.66. The SMILES string of the molecule is CN(C)C(=O)O.Oc1cccc2ncccc12. The second-order valence-electron chi connectivity index (χ2n) is 3.52. The summed E-state index contributed by atoms with van der Waals surface area (Å²) in [5.41, 5.74) is 0.826. The molecule has 0 bridgehead atoms. The fourth-order valence-corrected chi connectivity index (χ4v) is 1.09. The van der Waals surface area contributed by atoms with E-state index in [-0.39, 0.29) is 5.75 Å². The van der Waals surface area contributed by atoms with Gasteiger partial charge in [-0.2, -0.15) is 0 Å². The lowest BCUT2D eigenvalue weighted by atomic mass is 10.2. The van der Waals surface area contributed by atoms with E-state index in [4.69, 9.17) is 5.11 Å². The number of carbonyl (C=O) groups is 1. The van der Waals surface area contributed by atoms with Gasteiger partial charge in [0.2, 0.25) is 0 Å². The predicted molar refractivity (Wildman–Crippen MR) is 65.1 cm³/mol. The zero-order chi connectivity index (χ0) is 12.8. The van der Waals surface area contributed by atoms with E-state index in [1.165, 1.54) is 14.1 Å². The largest absolute Gasteiger partial charge is 0.507 e. The molecule has 5 nitrogen and oxygen atoms in total. The number of benzene rings is 1. The van der Waals surface area contributed by atoms with Crippen LogP contribution in [-0.2, 0) is 0 Å². The maximum absolute atomic E-state index is 9.62. The van der Waals surface area contributed by atoms with E-state index in [1.807, 2.05) is 18.2 Å². The number of rotatable bonds is 0. The standard InChI is InChI=1S/C9H7NO.C3H7NO2/c11-9-5-1-4-8-7(9)3-2-6-10-8;1-4(2)3(5)6/h1-6,11H;1-2H3,(H,5,6).